The monoisotopic (exact) mass is 441 g/mol. The highest BCUT2D eigenvalue weighted by Crippen LogP contribution is 2.30. The van der Waals surface area contributed by atoms with Crippen molar-refractivity contribution >= 4 is 23.2 Å². The molecule has 0 radical (unpaired) electrons. The summed E-state index contributed by atoms with van der Waals surface area (Å²) >= 11 is 6.55. The van der Waals surface area contributed by atoms with Crippen LogP contribution in [0.15, 0.2) is 48.8 Å². The number of halogens is 1. The third kappa shape index (κ3) is 5.20. The minimum absolute atomic E-state index is 0.0650. The van der Waals surface area contributed by atoms with E-state index >= 15 is 0 Å². The molecule has 0 saturated carbocycles. The van der Waals surface area contributed by atoms with E-state index in [4.69, 9.17) is 21.1 Å². The molecule has 1 aromatic carbocycles. The van der Waals surface area contributed by atoms with Crippen LogP contribution >= 0.6 is 11.6 Å². The van der Waals surface area contributed by atoms with Gasteiger partial charge in [0.05, 0.1) is 0 Å². The lowest BCUT2D eigenvalue weighted by atomic mass is 10.1. The van der Waals surface area contributed by atoms with Gasteiger partial charge in [-0.2, -0.15) is 0 Å². The number of hydrogen-bond acceptors (Lipinski definition) is 4. The highest BCUT2D eigenvalue weighted by atomic mass is 35.5. The Morgan fingerprint density at radius 3 is 2.61 bits per heavy atom. The number of nitrogens with zero attached hydrogens (tertiary/aromatic N) is 3. The van der Waals surface area contributed by atoms with Crippen LogP contribution < -0.4 is 4.74 Å². The molecule has 1 aliphatic heterocycles. The molecule has 0 atom stereocenters. The fraction of sp³-hybridized carbons (Fsp3) is 0.417. The van der Waals surface area contributed by atoms with Crippen molar-refractivity contribution in [1.29, 1.82) is 0 Å². The molecule has 4 rings (SSSR count). The van der Waals surface area contributed by atoms with Gasteiger partial charge in [-0.15, -0.1) is 0 Å². The first-order valence-electron chi connectivity index (χ1n) is 10.8. The molecule has 0 bridgehead atoms. The van der Waals surface area contributed by atoms with Crippen molar-refractivity contribution in [2.45, 2.75) is 32.8 Å². The van der Waals surface area contributed by atoms with E-state index in [1.807, 2.05) is 51.9 Å². The molecule has 6 nitrogen and oxygen atoms in total. The van der Waals surface area contributed by atoms with Crippen molar-refractivity contribution in [2.75, 3.05) is 26.3 Å². The van der Waals surface area contributed by atoms with Crippen LogP contribution in [0.2, 0.25) is 5.15 Å². The van der Waals surface area contributed by atoms with Gasteiger partial charge >= 0.3 is 0 Å². The Morgan fingerprint density at radius 2 is 1.90 bits per heavy atom. The number of amides is 1. The van der Waals surface area contributed by atoms with Gasteiger partial charge < -0.3 is 14.4 Å². The van der Waals surface area contributed by atoms with Crippen LogP contribution in [0, 0.1) is 5.92 Å². The van der Waals surface area contributed by atoms with Crippen LogP contribution in [-0.4, -0.2) is 52.6 Å². The van der Waals surface area contributed by atoms with Gasteiger partial charge in [0, 0.05) is 50.5 Å². The Morgan fingerprint density at radius 1 is 1.16 bits per heavy atom. The van der Waals surface area contributed by atoms with E-state index < -0.39 is 0 Å². The Labute approximate surface area is 187 Å². The lowest BCUT2D eigenvalue weighted by Gasteiger charge is -2.32. The Balaban J connectivity index is 1.31. The first-order chi connectivity index (χ1) is 15.0. The molecule has 0 spiro atoms. The number of imidazole rings is 1. The summed E-state index contributed by atoms with van der Waals surface area (Å²) in [6, 6.07) is 11.9. The second kappa shape index (κ2) is 9.71. The standard InChI is InChI=1S/C24H28ClN3O3/c1-17(2)15-30-16-23(29)27-12-9-20(10-13-27)31-19-5-3-18(4-6-19)21-7-8-22-26-11-14-28(22)24(21)25/h3-8,11,14,17,20H,9-10,12-13,15-16H2,1-2H3. The molecule has 2 aromatic heterocycles. The van der Waals surface area contributed by atoms with Gasteiger partial charge in [0.2, 0.25) is 5.91 Å². The number of benzene rings is 1. The molecule has 0 N–H and O–H groups in total. The fourth-order valence-electron chi connectivity index (χ4n) is 3.78. The normalized spacial score (nSPS) is 15.0. The van der Waals surface area contributed by atoms with Crippen LogP contribution in [0.25, 0.3) is 16.8 Å². The van der Waals surface area contributed by atoms with Crippen molar-refractivity contribution < 1.29 is 14.3 Å². The average molecular weight is 442 g/mol. The Kier molecular flexibility index (Phi) is 6.78. The van der Waals surface area contributed by atoms with Crippen molar-refractivity contribution in [3.63, 3.8) is 0 Å². The van der Waals surface area contributed by atoms with Gasteiger partial charge in [-0.25, -0.2) is 4.98 Å². The largest absolute Gasteiger partial charge is 0.490 e. The minimum atomic E-state index is 0.0650. The van der Waals surface area contributed by atoms with E-state index in [1.54, 1.807) is 6.20 Å². The zero-order valence-corrected chi connectivity index (χ0v) is 18.7. The van der Waals surface area contributed by atoms with Gasteiger partial charge in [-0.1, -0.05) is 37.6 Å². The number of piperidine rings is 1. The number of carbonyl (C=O) groups is 1. The maximum atomic E-state index is 12.3. The van der Waals surface area contributed by atoms with Gasteiger partial charge in [0.1, 0.15) is 29.3 Å². The van der Waals surface area contributed by atoms with Crippen LogP contribution in [0.5, 0.6) is 5.75 Å². The zero-order chi connectivity index (χ0) is 21.8. The molecule has 1 fully saturated rings. The van der Waals surface area contributed by atoms with E-state index in [0.29, 0.717) is 30.8 Å². The van der Waals surface area contributed by atoms with E-state index in [0.717, 1.165) is 35.4 Å². The average Bonchev–Trinajstić information content (AvgIpc) is 3.25. The number of ether oxygens (including phenoxy) is 2. The number of hydrogen-bond donors (Lipinski definition) is 0. The molecule has 1 amide bonds. The summed E-state index contributed by atoms with van der Waals surface area (Å²) in [6.07, 6.45) is 5.34. The lowest BCUT2D eigenvalue weighted by molar-refractivity contribution is -0.138. The highest BCUT2D eigenvalue weighted by Gasteiger charge is 2.24. The van der Waals surface area contributed by atoms with E-state index in [1.165, 1.54) is 0 Å². The number of pyridine rings is 1. The second-order valence-corrected chi connectivity index (χ2v) is 8.68. The van der Waals surface area contributed by atoms with Crippen molar-refractivity contribution in [2.24, 2.45) is 5.92 Å². The molecule has 7 heteroatoms. The van der Waals surface area contributed by atoms with E-state index in [-0.39, 0.29) is 18.6 Å². The summed E-state index contributed by atoms with van der Waals surface area (Å²) in [5.74, 6) is 1.33. The third-order valence-corrected chi connectivity index (χ3v) is 5.83. The van der Waals surface area contributed by atoms with Crippen LogP contribution in [0.1, 0.15) is 26.7 Å². The molecule has 1 saturated heterocycles. The summed E-state index contributed by atoms with van der Waals surface area (Å²) in [6.45, 7) is 6.33. The van der Waals surface area contributed by atoms with Crippen molar-refractivity contribution in [3.05, 3.63) is 53.9 Å². The van der Waals surface area contributed by atoms with Gasteiger partial charge in [0.15, 0.2) is 0 Å². The van der Waals surface area contributed by atoms with Crippen LogP contribution in [0.3, 0.4) is 0 Å². The maximum absolute atomic E-state index is 12.3. The quantitative estimate of drug-likeness (QED) is 0.499. The first-order valence-corrected chi connectivity index (χ1v) is 11.1. The highest BCUT2D eigenvalue weighted by molar-refractivity contribution is 6.32. The molecule has 31 heavy (non-hydrogen) atoms. The molecule has 1 aliphatic rings. The number of rotatable bonds is 7. The minimum Gasteiger partial charge on any atom is -0.490 e. The first kappa shape index (κ1) is 21.7. The molecule has 3 heterocycles. The Hall–Kier alpha value is -2.57. The third-order valence-electron chi connectivity index (χ3n) is 5.44. The van der Waals surface area contributed by atoms with Gasteiger partial charge in [-0.3, -0.25) is 9.20 Å². The number of carbonyl (C=O) groups excluding carboxylic acids is 1. The summed E-state index contributed by atoms with van der Waals surface area (Å²) in [7, 11) is 0. The maximum Gasteiger partial charge on any atom is 0.248 e. The Bertz CT molecular complexity index is 1020. The molecular weight excluding hydrogens is 414 g/mol. The van der Waals surface area contributed by atoms with Crippen LogP contribution in [0.4, 0.5) is 0 Å². The SMILES string of the molecule is CC(C)COCC(=O)N1CCC(Oc2ccc(-c3ccc4nccn4c3Cl)cc2)CC1. The summed E-state index contributed by atoms with van der Waals surface area (Å²) in [5, 5.41) is 0.637. The lowest BCUT2D eigenvalue weighted by Crippen LogP contribution is -2.43. The topological polar surface area (TPSA) is 56.1 Å². The van der Waals surface area contributed by atoms with Gasteiger partial charge in [-0.05, 0) is 35.7 Å². The second-order valence-electron chi connectivity index (χ2n) is 8.32. The molecule has 0 unspecified atom stereocenters. The van der Waals surface area contributed by atoms with Crippen molar-refractivity contribution in [1.82, 2.24) is 14.3 Å². The van der Waals surface area contributed by atoms with Crippen LogP contribution in [-0.2, 0) is 9.53 Å². The smallest absolute Gasteiger partial charge is 0.248 e. The molecule has 3 aromatic rings. The van der Waals surface area contributed by atoms with E-state index in [2.05, 4.69) is 18.8 Å². The fourth-order valence-corrected chi connectivity index (χ4v) is 4.09. The van der Waals surface area contributed by atoms with E-state index in [9.17, 15) is 4.79 Å². The van der Waals surface area contributed by atoms with Crippen molar-refractivity contribution in [3.8, 4) is 16.9 Å². The predicted octanol–water partition coefficient (Wildman–Crippen LogP) is 4.70. The zero-order valence-electron chi connectivity index (χ0n) is 18.0. The number of fused-ring (bicyclic) bond motifs is 1. The molecule has 0 aliphatic carbocycles. The summed E-state index contributed by atoms with van der Waals surface area (Å²) < 4.78 is 13.5. The summed E-state index contributed by atoms with van der Waals surface area (Å²) in [4.78, 5) is 18.4. The van der Waals surface area contributed by atoms with Gasteiger partial charge in [0.25, 0.3) is 0 Å². The molecular formula is C24H28ClN3O3. The number of likely N-dealkylation sites (tertiary alicyclic amines) is 1. The summed E-state index contributed by atoms with van der Waals surface area (Å²) in [5.41, 5.74) is 2.80. The molecule has 164 valence electrons. The predicted molar refractivity (Wildman–Crippen MR) is 122 cm³/mol. The number of aromatic nitrogens is 2.